The van der Waals surface area contributed by atoms with Crippen LogP contribution in [0.3, 0.4) is 0 Å². The minimum atomic E-state index is 0. The summed E-state index contributed by atoms with van der Waals surface area (Å²) in [6.45, 7) is 4.54. The van der Waals surface area contributed by atoms with Crippen LogP contribution in [-0.2, 0) is 11.3 Å². The summed E-state index contributed by atoms with van der Waals surface area (Å²) in [6, 6.07) is 0. The third-order valence-corrected chi connectivity index (χ3v) is 4.72. The standard InChI is InChI=1S/C16H28N4OS.HI/c1-13-19-14(12-22-13)11-20(3)16(17-2)18-9-6-10-21-15-7-4-5-8-15;/h12,15H,4-11H2,1-3H3,(H,17,18);1H. The number of guanidine groups is 1. The second-order valence-corrected chi connectivity index (χ2v) is 6.88. The van der Waals surface area contributed by atoms with Gasteiger partial charge in [-0.2, -0.15) is 0 Å². The summed E-state index contributed by atoms with van der Waals surface area (Å²) >= 11 is 1.69. The first kappa shape index (κ1) is 20.6. The molecule has 0 aliphatic heterocycles. The number of hydrogen-bond acceptors (Lipinski definition) is 4. The van der Waals surface area contributed by atoms with E-state index in [-0.39, 0.29) is 24.0 Å². The van der Waals surface area contributed by atoms with Gasteiger partial charge in [-0.05, 0) is 26.2 Å². The average molecular weight is 452 g/mol. The zero-order valence-electron chi connectivity index (χ0n) is 14.4. The summed E-state index contributed by atoms with van der Waals surface area (Å²) in [4.78, 5) is 10.9. The van der Waals surface area contributed by atoms with E-state index in [1.165, 1.54) is 25.7 Å². The van der Waals surface area contributed by atoms with Crippen molar-refractivity contribution in [1.82, 2.24) is 15.2 Å². The molecule has 0 spiro atoms. The fourth-order valence-electron chi connectivity index (χ4n) is 2.76. The molecular formula is C16H29IN4OS. The van der Waals surface area contributed by atoms with Gasteiger partial charge in [-0.1, -0.05) is 12.8 Å². The molecule has 1 saturated carbocycles. The van der Waals surface area contributed by atoms with Gasteiger partial charge in [-0.3, -0.25) is 4.99 Å². The van der Waals surface area contributed by atoms with Crippen LogP contribution in [0, 0.1) is 6.92 Å². The lowest BCUT2D eigenvalue weighted by molar-refractivity contribution is 0.0573. The van der Waals surface area contributed by atoms with Crippen molar-refractivity contribution in [2.45, 2.75) is 51.7 Å². The molecule has 23 heavy (non-hydrogen) atoms. The Morgan fingerprint density at radius 3 is 2.83 bits per heavy atom. The summed E-state index contributed by atoms with van der Waals surface area (Å²) in [6.07, 6.45) is 6.66. The maximum atomic E-state index is 5.88. The molecule has 0 radical (unpaired) electrons. The largest absolute Gasteiger partial charge is 0.378 e. The van der Waals surface area contributed by atoms with Gasteiger partial charge in [0.05, 0.1) is 23.4 Å². The number of halogens is 1. The Morgan fingerprint density at radius 2 is 2.22 bits per heavy atom. The molecule has 1 aromatic heterocycles. The van der Waals surface area contributed by atoms with E-state index in [0.29, 0.717) is 6.10 Å². The van der Waals surface area contributed by atoms with E-state index in [0.717, 1.165) is 42.8 Å². The van der Waals surface area contributed by atoms with Crippen LogP contribution < -0.4 is 5.32 Å². The number of rotatable bonds is 7. The number of nitrogens with zero attached hydrogens (tertiary/aromatic N) is 3. The Hall–Kier alpha value is -0.410. The quantitative estimate of drug-likeness (QED) is 0.298. The van der Waals surface area contributed by atoms with Gasteiger partial charge in [0.2, 0.25) is 0 Å². The molecule has 0 aromatic carbocycles. The Morgan fingerprint density at radius 1 is 1.48 bits per heavy atom. The van der Waals surface area contributed by atoms with E-state index < -0.39 is 0 Å². The van der Waals surface area contributed by atoms with E-state index in [4.69, 9.17) is 4.74 Å². The van der Waals surface area contributed by atoms with E-state index in [1.807, 2.05) is 21.0 Å². The van der Waals surface area contributed by atoms with Crippen molar-refractivity contribution in [3.8, 4) is 0 Å². The van der Waals surface area contributed by atoms with Crippen LogP contribution in [-0.4, -0.2) is 49.2 Å². The van der Waals surface area contributed by atoms with Crippen molar-refractivity contribution in [2.24, 2.45) is 4.99 Å². The third kappa shape index (κ3) is 7.34. The van der Waals surface area contributed by atoms with Gasteiger partial charge < -0.3 is 15.0 Å². The first-order chi connectivity index (χ1) is 10.7. The number of hydrogen-bond donors (Lipinski definition) is 1. The topological polar surface area (TPSA) is 49.8 Å². The molecule has 5 nitrogen and oxygen atoms in total. The molecule has 0 unspecified atom stereocenters. The maximum Gasteiger partial charge on any atom is 0.193 e. The lowest BCUT2D eigenvalue weighted by atomic mass is 10.3. The van der Waals surface area contributed by atoms with Crippen LogP contribution in [0.1, 0.15) is 42.8 Å². The van der Waals surface area contributed by atoms with E-state index in [1.54, 1.807) is 11.3 Å². The van der Waals surface area contributed by atoms with Gasteiger partial charge >= 0.3 is 0 Å². The predicted octanol–water partition coefficient (Wildman–Crippen LogP) is 3.43. The second-order valence-electron chi connectivity index (χ2n) is 5.82. The Labute approximate surface area is 160 Å². The van der Waals surface area contributed by atoms with Crippen LogP contribution in [0.2, 0.25) is 0 Å². The Bertz CT molecular complexity index is 474. The van der Waals surface area contributed by atoms with Crippen molar-refractivity contribution in [1.29, 1.82) is 0 Å². The first-order valence-electron chi connectivity index (χ1n) is 8.13. The molecule has 1 fully saturated rings. The van der Waals surface area contributed by atoms with Crippen molar-refractivity contribution < 1.29 is 4.74 Å². The number of nitrogens with one attached hydrogen (secondary N) is 1. The summed E-state index contributed by atoms with van der Waals surface area (Å²) in [5, 5.41) is 6.61. The number of thiazole rings is 1. The second kappa shape index (κ2) is 11.2. The van der Waals surface area contributed by atoms with Gasteiger partial charge in [0.15, 0.2) is 5.96 Å². The molecule has 1 aliphatic rings. The van der Waals surface area contributed by atoms with E-state index >= 15 is 0 Å². The van der Waals surface area contributed by atoms with E-state index in [9.17, 15) is 0 Å². The highest BCUT2D eigenvalue weighted by Gasteiger charge is 2.14. The molecule has 0 bridgehead atoms. The first-order valence-corrected chi connectivity index (χ1v) is 9.01. The number of aliphatic imine (C=N–C) groups is 1. The van der Waals surface area contributed by atoms with Gasteiger partial charge in [0.25, 0.3) is 0 Å². The highest BCUT2D eigenvalue weighted by molar-refractivity contribution is 14.0. The normalized spacial score (nSPS) is 15.5. The molecule has 1 aliphatic carbocycles. The van der Waals surface area contributed by atoms with Crippen LogP contribution in [0.15, 0.2) is 10.4 Å². The van der Waals surface area contributed by atoms with E-state index in [2.05, 4.69) is 25.6 Å². The van der Waals surface area contributed by atoms with Crippen LogP contribution >= 0.6 is 35.3 Å². The van der Waals surface area contributed by atoms with Crippen molar-refractivity contribution in [2.75, 3.05) is 27.2 Å². The number of aryl methyl sites for hydroxylation is 1. The SMILES string of the molecule is CN=C(NCCCOC1CCCC1)N(C)Cc1csc(C)n1.I. The summed E-state index contributed by atoms with van der Waals surface area (Å²) in [5.41, 5.74) is 1.09. The lowest BCUT2D eigenvalue weighted by Crippen LogP contribution is -2.39. The molecule has 1 N–H and O–H groups in total. The van der Waals surface area contributed by atoms with Crippen LogP contribution in [0.5, 0.6) is 0 Å². The summed E-state index contributed by atoms with van der Waals surface area (Å²) < 4.78 is 5.88. The average Bonchev–Trinajstić information content (AvgIpc) is 3.14. The van der Waals surface area contributed by atoms with Crippen molar-refractivity contribution in [3.05, 3.63) is 16.1 Å². The molecule has 1 heterocycles. The monoisotopic (exact) mass is 452 g/mol. The Balaban J connectivity index is 0.00000264. The Kier molecular flexibility index (Phi) is 10.0. The van der Waals surface area contributed by atoms with Crippen molar-refractivity contribution >= 4 is 41.3 Å². The molecule has 7 heteroatoms. The predicted molar refractivity (Wildman–Crippen MR) is 108 cm³/mol. The lowest BCUT2D eigenvalue weighted by Gasteiger charge is -2.21. The fourth-order valence-corrected chi connectivity index (χ4v) is 3.36. The van der Waals surface area contributed by atoms with Gasteiger partial charge in [-0.25, -0.2) is 4.98 Å². The minimum Gasteiger partial charge on any atom is -0.378 e. The number of ether oxygens (including phenoxy) is 1. The summed E-state index contributed by atoms with van der Waals surface area (Å²) in [5.74, 6) is 0.909. The van der Waals surface area contributed by atoms with Gasteiger partial charge in [0, 0.05) is 32.6 Å². The summed E-state index contributed by atoms with van der Waals surface area (Å²) in [7, 11) is 3.86. The number of aromatic nitrogens is 1. The third-order valence-electron chi connectivity index (χ3n) is 3.90. The van der Waals surface area contributed by atoms with Gasteiger partial charge in [0.1, 0.15) is 0 Å². The molecular weight excluding hydrogens is 423 g/mol. The van der Waals surface area contributed by atoms with Gasteiger partial charge in [-0.15, -0.1) is 35.3 Å². The molecule has 0 saturated heterocycles. The highest BCUT2D eigenvalue weighted by atomic mass is 127. The van der Waals surface area contributed by atoms with Crippen LogP contribution in [0.4, 0.5) is 0 Å². The minimum absolute atomic E-state index is 0. The highest BCUT2D eigenvalue weighted by Crippen LogP contribution is 2.20. The molecule has 1 aromatic rings. The molecule has 132 valence electrons. The molecule has 0 atom stereocenters. The molecule has 2 rings (SSSR count). The van der Waals surface area contributed by atoms with Crippen LogP contribution in [0.25, 0.3) is 0 Å². The smallest absolute Gasteiger partial charge is 0.193 e. The fraction of sp³-hybridized carbons (Fsp3) is 0.750. The zero-order chi connectivity index (χ0) is 15.8. The zero-order valence-corrected chi connectivity index (χ0v) is 17.5. The van der Waals surface area contributed by atoms with Crippen molar-refractivity contribution in [3.63, 3.8) is 0 Å². The maximum absolute atomic E-state index is 5.88. The molecule has 0 amide bonds.